The van der Waals surface area contributed by atoms with Crippen LogP contribution in [0.15, 0.2) is 17.2 Å². The second kappa shape index (κ2) is 4.54. The first-order chi connectivity index (χ1) is 8.40. The second-order valence-electron chi connectivity index (χ2n) is 3.57. The number of aryl methyl sites for hydroxylation is 2. The average Bonchev–Trinajstić information content (AvgIpc) is 2.58. The molecule has 0 saturated carbocycles. The standard InChI is InChI=1S/C9H10ClN5O2S/c1-5-8(6(2)14-13-5)18(16,17)15-9-11-4-3-7(10)12-9/h3-4H,1-2H3,(H,13,14)(H,11,12,15). The van der Waals surface area contributed by atoms with E-state index in [1.807, 2.05) is 0 Å². The number of anilines is 1. The highest BCUT2D eigenvalue weighted by Crippen LogP contribution is 2.19. The molecule has 9 heteroatoms. The topological polar surface area (TPSA) is 101 Å². The molecule has 0 spiro atoms. The Hall–Kier alpha value is -1.67. The molecule has 2 aromatic heterocycles. The monoisotopic (exact) mass is 287 g/mol. The van der Waals surface area contributed by atoms with Gasteiger partial charge < -0.3 is 0 Å². The molecule has 96 valence electrons. The van der Waals surface area contributed by atoms with E-state index >= 15 is 0 Å². The molecule has 18 heavy (non-hydrogen) atoms. The van der Waals surface area contributed by atoms with Crippen LogP contribution >= 0.6 is 11.6 Å². The van der Waals surface area contributed by atoms with Crippen molar-refractivity contribution in [3.63, 3.8) is 0 Å². The third-order valence-electron chi connectivity index (χ3n) is 2.18. The Morgan fingerprint density at radius 2 is 2.11 bits per heavy atom. The molecule has 0 fully saturated rings. The van der Waals surface area contributed by atoms with E-state index in [1.54, 1.807) is 13.8 Å². The van der Waals surface area contributed by atoms with Gasteiger partial charge in [0, 0.05) is 6.20 Å². The number of hydrogen-bond acceptors (Lipinski definition) is 5. The van der Waals surface area contributed by atoms with Gasteiger partial charge in [-0.15, -0.1) is 0 Å². The zero-order valence-electron chi connectivity index (χ0n) is 9.60. The summed E-state index contributed by atoms with van der Waals surface area (Å²) in [6, 6.07) is 1.45. The molecular weight excluding hydrogens is 278 g/mol. The number of hydrogen-bond donors (Lipinski definition) is 2. The molecule has 0 radical (unpaired) electrons. The zero-order valence-corrected chi connectivity index (χ0v) is 11.2. The van der Waals surface area contributed by atoms with Gasteiger partial charge in [-0.2, -0.15) is 5.10 Å². The van der Waals surface area contributed by atoms with Crippen molar-refractivity contribution in [2.24, 2.45) is 0 Å². The molecule has 2 N–H and O–H groups in total. The average molecular weight is 288 g/mol. The van der Waals surface area contributed by atoms with Crippen LogP contribution in [0.2, 0.25) is 5.15 Å². The Kier molecular flexibility index (Phi) is 3.22. The Morgan fingerprint density at radius 1 is 1.39 bits per heavy atom. The molecule has 2 heterocycles. The van der Waals surface area contributed by atoms with Crippen molar-refractivity contribution in [2.75, 3.05) is 4.72 Å². The number of sulfonamides is 1. The van der Waals surface area contributed by atoms with Gasteiger partial charge in [0.25, 0.3) is 10.0 Å². The molecule has 7 nitrogen and oxygen atoms in total. The number of aromatic amines is 1. The predicted octanol–water partition coefficient (Wildman–Crippen LogP) is 1.27. The molecule has 0 atom stereocenters. The van der Waals surface area contributed by atoms with E-state index in [0.29, 0.717) is 11.4 Å². The van der Waals surface area contributed by atoms with Crippen LogP contribution in [0.25, 0.3) is 0 Å². The van der Waals surface area contributed by atoms with Crippen LogP contribution in [-0.4, -0.2) is 28.6 Å². The molecule has 0 aliphatic heterocycles. The number of halogens is 1. The minimum Gasteiger partial charge on any atom is -0.281 e. The first kappa shape index (κ1) is 12.8. The summed E-state index contributed by atoms with van der Waals surface area (Å²) in [4.78, 5) is 7.63. The van der Waals surface area contributed by atoms with Crippen LogP contribution in [0.5, 0.6) is 0 Å². The molecule has 0 unspecified atom stereocenters. The van der Waals surface area contributed by atoms with Gasteiger partial charge >= 0.3 is 0 Å². The zero-order chi connectivity index (χ0) is 13.3. The molecule has 0 amide bonds. The van der Waals surface area contributed by atoms with Gasteiger partial charge in [0.2, 0.25) is 5.95 Å². The lowest BCUT2D eigenvalue weighted by Gasteiger charge is -2.06. The van der Waals surface area contributed by atoms with E-state index in [-0.39, 0.29) is 16.0 Å². The van der Waals surface area contributed by atoms with E-state index in [1.165, 1.54) is 12.3 Å². The number of rotatable bonds is 3. The summed E-state index contributed by atoms with van der Waals surface area (Å²) in [6.45, 7) is 3.21. The maximum atomic E-state index is 12.1. The van der Waals surface area contributed by atoms with E-state index in [4.69, 9.17) is 11.6 Å². The Labute approximate surface area is 109 Å². The molecule has 2 rings (SSSR count). The number of aromatic nitrogens is 4. The lowest BCUT2D eigenvalue weighted by molar-refractivity contribution is 0.599. The van der Waals surface area contributed by atoms with Gasteiger partial charge in [-0.05, 0) is 19.9 Å². The Balaban J connectivity index is 2.39. The first-order valence-electron chi connectivity index (χ1n) is 4.93. The van der Waals surface area contributed by atoms with Crippen LogP contribution in [0.1, 0.15) is 11.4 Å². The maximum Gasteiger partial charge on any atom is 0.267 e. The largest absolute Gasteiger partial charge is 0.281 e. The summed E-state index contributed by atoms with van der Waals surface area (Å²) in [5.74, 6) is -0.0810. The molecular formula is C9H10ClN5O2S. The van der Waals surface area contributed by atoms with Crippen molar-refractivity contribution in [1.82, 2.24) is 20.2 Å². The van der Waals surface area contributed by atoms with E-state index in [2.05, 4.69) is 24.9 Å². The lowest BCUT2D eigenvalue weighted by atomic mass is 10.4. The molecule has 0 saturated heterocycles. The number of nitrogens with zero attached hydrogens (tertiary/aromatic N) is 3. The second-order valence-corrected chi connectivity index (χ2v) is 5.58. The summed E-state index contributed by atoms with van der Waals surface area (Å²) in [5, 5.41) is 6.59. The van der Waals surface area contributed by atoms with Crippen molar-refractivity contribution in [3.8, 4) is 0 Å². The normalized spacial score (nSPS) is 11.5. The summed E-state index contributed by atoms with van der Waals surface area (Å²) in [6.07, 6.45) is 1.36. The van der Waals surface area contributed by atoms with Crippen LogP contribution in [-0.2, 0) is 10.0 Å². The molecule has 2 aromatic rings. The summed E-state index contributed by atoms with van der Waals surface area (Å²) < 4.78 is 26.5. The number of nitrogens with one attached hydrogen (secondary N) is 2. The minimum atomic E-state index is -3.78. The predicted molar refractivity (Wildman–Crippen MR) is 65.9 cm³/mol. The lowest BCUT2D eigenvalue weighted by Crippen LogP contribution is -2.16. The van der Waals surface area contributed by atoms with Crippen molar-refractivity contribution in [1.29, 1.82) is 0 Å². The van der Waals surface area contributed by atoms with Crippen LogP contribution in [0.4, 0.5) is 5.95 Å². The molecule has 0 aromatic carbocycles. The highest BCUT2D eigenvalue weighted by atomic mass is 35.5. The van der Waals surface area contributed by atoms with Gasteiger partial charge in [0.05, 0.1) is 11.4 Å². The van der Waals surface area contributed by atoms with Gasteiger partial charge in [-0.3, -0.25) is 5.10 Å². The summed E-state index contributed by atoms with van der Waals surface area (Å²) in [7, 11) is -3.78. The van der Waals surface area contributed by atoms with Crippen molar-refractivity contribution >= 4 is 27.6 Å². The third-order valence-corrected chi connectivity index (χ3v) is 3.98. The van der Waals surface area contributed by atoms with Crippen molar-refractivity contribution in [3.05, 3.63) is 28.8 Å². The molecule has 0 aliphatic rings. The summed E-state index contributed by atoms with van der Waals surface area (Å²) >= 11 is 5.66. The van der Waals surface area contributed by atoms with Crippen molar-refractivity contribution in [2.45, 2.75) is 18.7 Å². The Morgan fingerprint density at radius 3 is 2.67 bits per heavy atom. The number of H-pyrrole nitrogens is 1. The molecule has 0 aliphatic carbocycles. The van der Waals surface area contributed by atoms with Gasteiger partial charge in [0.1, 0.15) is 10.0 Å². The SMILES string of the molecule is Cc1n[nH]c(C)c1S(=O)(=O)Nc1nccc(Cl)n1. The Bertz CT molecular complexity index is 663. The maximum absolute atomic E-state index is 12.1. The van der Waals surface area contributed by atoms with Crippen LogP contribution in [0.3, 0.4) is 0 Å². The fraction of sp³-hybridized carbons (Fsp3) is 0.222. The van der Waals surface area contributed by atoms with Crippen LogP contribution < -0.4 is 4.72 Å². The van der Waals surface area contributed by atoms with Gasteiger partial charge in [-0.1, -0.05) is 11.6 Å². The quantitative estimate of drug-likeness (QED) is 0.828. The van der Waals surface area contributed by atoms with Gasteiger partial charge in [-0.25, -0.2) is 23.1 Å². The first-order valence-corrected chi connectivity index (χ1v) is 6.79. The van der Waals surface area contributed by atoms with Crippen molar-refractivity contribution < 1.29 is 8.42 Å². The fourth-order valence-corrected chi connectivity index (χ4v) is 2.95. The van der Waals surface area contributed by atoms with E-state index in [0.717, 1.165) is 0 Å². The fourth-order valence-electron chi connectivity index (χ4n) is 1.49. The minimum absolute atomic E-state index is 0.0810. The third kappa shape index (κ3) is 2.44. The van der Waals surface area contributed by atoms with Gasteiger partial charge in [0.15, 0.2) is 0 Å². The highest BCUT2D eigenvalue weighted by Gasteiger charge is 2.23. The molecule has 0 bridgehead atoms. The van der Waals surface area contributed by atoms with E-state index < -0.39 is 10.0 Å². The smallest absolute Gasteiger partial charge is 0.267 e. The van der Waals surface area contributed by atoms with E-state index in [9.17, 15) is 8.42 Å². The summed E-state index contributed by atoms with van der Waals surface area (Å²) in [5.41, 5.74) is 0.823. The van der Waals surface area contributed by atoms with Crippen LogP contribution in [0, 0.1) is 13.8 Å². The highest BCUT2D eigenvalue weighted by molar-refractivity contribution is 7.92.